The molecule has 2 heterocycles. The molecule has 2 rings (SSSR count). The monoisotopic (exact) mass is 300 g/mol. The van der Waals surface area contributed by atoms with Gasteiger partial charge in [0.2, 0.25) is 0 Å². The molecular weight excluding hydrogens is 264 g/mol. The zero-order chi connectivity index (χ0) is 15.3. The lowest BCUT2D eigenvalue weighted by molar-refractivity contribution is -0.0289. The van der Waals surface area contributed by atoms with Crippen molar-refractivity contribution in [3.8, 4) is 0 Å². The molecule has 0 unspecified atom stereocenters. The van der Waals surface area contributed by atoms with E-state index in [4.69, 9.17) is 4.74 Å². The van der Waals surface area contributed by atoms with Crippen LogP contribution in [0.15, 0.2) is 0 Å². The minimum Gasteiger partial charge on any atom is -0.379 e. The zero-order valence-corrected chi connectivity index (χ0v) is 14.4. The maximum Gasteiger partial charge on any atom is 0.0591 e. The van der Waals surface area contributed by atoms with Crippen LogP contribution in [0.25, 0.3) is 0 Å². The molecule has 126 valence electrons. The van der Waals surface area contributed by atoms with Gasteiger partial charge in [0.1, 0.15) is 0 Å². The standard InChI is InChI=1S/C12H27N3.C4H9NO/c1-4-7-13-10-14(8-5-2)12-15(11-13)9-6-3;1-3-6-4-2-5-1/h4-12H2,1-3H3;5H,1-4H2. The molecule has 2 fully saturated rings. The fourth-order valence-electron chi connectivity index (χ4n) is 2.87. The first-order valence-corrected chi connectivity index (χ1v) is 8.75. The van der Waals surface area contributed by atoms with Crippen LogP contribution in [-0.2, 0) is 4.74 Å². The van der Waals surface area contributed by atoms with Gasteiger partial charge >= 0.3 is 0 Å². The topological polar surface area (TPSA) is 31.0 Å². The Hall–Kier alpha value is -0.200. The lowest BCUT2D eigenvalue weighted by Gasteiger charge is -2.42. The van der Waals surface area contributed by atoms with Gasteiger partial charge in [0.25, 0.3) is 0 Å². The van der Waals surface area contributed by atoms with Crippen molar-refractivity contribution in [3.05, 3.63) is 0 Å². The third-order valence-corrected chi connectivity index (χ3v) is 3.67. The third-order valence-electron chi connectivity index (χ3n) is 3.67. The molecular formula is C16H36N4O. The summed E-state index contributed by atoms with van der Waals surface area (Å²) in [4.78, 5) is 7.69. The molecule has 0 amide bonds. The van der Waals surface area contributed by atoms with E-state index in [9.17, 15) is 0 Å². The zero-order valence-electron chi connectivity index (χ0n) is 14.4. The van der Waals surface area contributed by atoms with Gasteiger partial charge in [0.15, 0.2) is 0 Å². The van der Waals surface area contributed by atoms with Crippen molar-refractivity contribution in [2.45, 2.75) is 40.0 Å². The van der Waals surface area contributed by atoms with Gasteiger partial charge in [-0.3, -0.25) is 14.7 Å². The Bertz CT molecular complexity index is 190. The smallest absolute Gasteiger partial charge is 0.0591 e. The molecule has 0 aromatic rings. The molecule has 0 aromatic carbocycles. The first-order chi connectivity index (χ1) is 10.3. The molecule has 2 aliphatic rings. The molecule has 21 heavy (non-hydrogen) atoms. The van der Waals surface area contributed by atoms with Crippen molar-refractivity contribution in [1.82, 2.24) is 20.0 Å². The van der Waals surface area contributed by atoms with Crippen molar-refractivity contribution in [3.63, 3.8) is 0 Å². The minimum atomic E-state index is 0.889. The molecule has 0 bridgehead atoms. The van der Waals surface area contributed by atoms with E-state index in [1.807, 2.05) is 0 Å². The number of hydrogen-bond acceptors (Lipinski definition) is 5. The highest BCUT2D eigenvalue weighted by molar-refractivity contribution is 4.68. The Kier molecular flexibility index (Phi) is 11.1. The molecule has 0 atom stereocenters. The Labute approximate surface area is 131 Å². The van der Waals surface area contributed by atoms with Gasteiger partial charge in [-0.1, -0.05) is 20.8 Å². The lowest BCUT2D eigenvalue weighted by atomic mass is 10.3. The first kappa shape index (κ1) is 18.8. The molecule has 5 nitrogen and oxygen atoms in total. The predicted octanol–water partition coefficient (Wildman–Crippen LogP) is 1.61. The van der Waals surface area contributed by atoms with E-state index < -0.39 is 0 Å². The summed E-state index contributed by atoms with van der Waals surface area (Å²) in [6.45, 7) is 17.8. The van der Waals surface area contributed by atoms with Crippen LogP contribution in [0.1, 0.15) is 40.0 Å². The normalized spacial score (nSPS) is 21.9. The quantitative estimate of drug-likeness (QED) is 0.805. The summed E-state index contributed by atoms with van der Waals surface area (Å²) >= 11 is 0. The molecule has 0 radical (unpaired) electrons. The van der Waals surface area contributed by atoms with Gasteiger partial charge in [-0.05, 0) is 19.3 Å². The van der Waals surface area contributed by atoms with E-state index in [1.54, 1.807) is 0 Å². The number of nitrogens with zero attached hydrogens (tertiary/aromatic N) is 3. The van der Waals surface area contributed by atoms with Crippen LogP contribution in [0.5, 0.6) is 0 Å². The summed E-state index contributed by atoms with van der Waals surface area (Å²) in [5.74, 6) is 0. The second-order valence-electron chi connectivity index (χ2n) is 5.97. The van der Waals surface area contributed by atoms with Crippen molar-refractivity contribution < 1.29 is 4.74 Å². The lowest BCUT2D eigenvalue weighted by Crippen LogP contribution is -2.55. The van der Waals surface area contributed by atoms with E-state index in [0.29, 0.717) is 0 Å². The van der Waals surface area contributed by atoms with Crippen molar-refractivity contribution in [2.24, 2.45) is 0 Å². The molecule has 2 saturated heterocycles. The van der Waals surface area contributed by atoms with Crippen LogP contribution >= 0.6 is 0 Å². The van der Waals surface area contributed by atoms with Gasteiger partial charge in [-0.2, -0.15) is 0 Å². The van der Waals surface area contributed by atoms with Crippen LogP contribution in [-0.4, -0.2) is 80.6 Å². The molecule has 0 aromatic heterocycles. The maximum absolute atomic E-state index is 5.01. The van der Waals surface area contributed by atoms with Crippen molar-refractivity contribution in [1.29, 1.82) is 0 Å². The van der Waals surface area contributed by atoms with E-state index in [0.717, 1.165) is 26.3 Å². The maximum atomic E-state index is 5.01. The molecule has 5 heteroatoms. The summed E-state index contributed by atoms with van der Waals surface area (Å²) in [6.07, 6.45) is 3.79. The van der Waals surface area contributed by atoms with Gasteiger partial charge in [0.05, 0.1) is 33.2 Å². The van der Waals surface area contributed by atoms with Gasteiger partial charge in [-0.25, -0.2) is 0 Å². The number of morpholine rings is 1. The highest BCUT2D eigenvalue weighted by Crippen LogP contribution is 2.08. The van der Waals surface area contributed by atoms with Crippen molar-refractivity contribution in [2.75, 3.05) is 65.9 Å². The van der Waals surface area contributed by atoms with E-state index >= 15 is 0 Å². The van der Waals surface area contributed by atoms with Gasteiger partial charge < -0.3 is 10.1 Å². The number of hydrogen-bond donors (Lipinski definition) is 1. The number of ether oxygens (including phenoxy) is 1. The van der Waals surface area contributed by atoms with E-state index in [2.05, 4.69) is 40.8 Å². The molecule has 2 aliphatic heterocycles. The van der Waals surface area contributed by atoms with E-state index in [1.165, 1.54) is 58.9 Å². The second-order valence-corrected chi connectivity index (χ2v) is 5.97. The highest BCUT2D eigenvalue weighted by atomic mass is 16.5. The Balaban J connectivity index is 0.000000304. The van der Waals surface area contributed by atoms with Crippen LogP contribution in [0.2, 0.25) is 0 Å². The fraction of sp³-hybridized carbons (Fsp3) is 1.00. The summed E-state index contributed by atoms with van der Waals surface area (Å²) in [5.41, 5.74) is 0. The second kappa shape index (κ2) is 12.4. The average molecular weight is 300 g/mol. The molecule has 1 N–H and O–H groups in total. The molecule has 0 aliphatic carbocycles. The van der Waals surface area contributed by atoms with Gasteiger partial charge in [-0.15, -0.1) is 0 Å². The largest absolute Gasteiger partial charge is 0.379 e. The van der Waals surface area contributed by atoms with Crippen LogP contribution < -0.4 is 5.32 Å². The first-order valence-electron chi connectivity index (χ1n) is 8.75. The fourth-order valence-corrected chi connectivity index (χ4v) is 2.87. The highest BCUT2D eigenvalue weighted by Gasteiger charge is 2.21. The predicted molar refractivity (Wildman–Crippen MR) is 89.3 cm³/mol. The molecule has 0 spiro atoms. The summed E-state index contributed by atoms with van der Waals surface area (Å²) in [6, 6.07) is 0. The van der Waals surface area contributed by atoms with Crippen molar-refractivity contribution >= 4 is 0 Å². The Morgan fingerprint density at radius 2 is 1.10 bits per heavy atom. The van der Waals surface area contributed by atoms with E-state index in [-0.39, 0.29) is 0 Å². The number of rotatable bonds is 6. The SMILES string of the molecule is C1COCCN1.CCCN1CN(CCC)CN(CCC)C1. The van der Waals surface area contributed by atoms with Crippen LogP contribution in [0.3, 0.4) is 0 Å². The average Bonchev–Trinajstić information content (AvgIpc) is 2.50. The molecule has 0 saturated carbocycles. The minimum absolute atomic E-state index is 0.889. The number of nitrogens with one attached hydrogen (secondary N) is 1. The third kappa shape index (κ3) is 8.73. The summed E-state index contributed by atoms with van der Waals surface area (Å²) in [7, 11) is 0. The van der Waals surface area contributed by atoms with Crippen LogP contribution in [0.4, 0.5) is 0 Å². The Morgan fingerprint density at radius 1 is 0.714 bits per heavy atom. The van der Waals surface area contributed by atoms with Crippen LogP contribution in [0, 0.1) is 0 Å². The summed E-state index contributed by atoms with van der Waals surface area (Å²) < 4.78 is 5.01. The Morgan fingerprint density at radius 3 is 1.29 bits per heavy atom. The summed E-state index contributed by atoms with van der Waals surface area (Å²) in [5, 5.41) is 3.16. The van der Waals surface area contributed by atoms with Gasteiger partial charge in [0, 0.05) is 32.7 Å².